The van der Waals surface area contributed by atoms with Crippen molar-refractivity contribution in [3.05, 3.63) is 0 Å². The summed E-state index contributed by atoms with van der Waals surface area (Å²) in [6.45, 7) is 2.15. The highest BCUT2D eigenvalue weighted by Gasteiger charge is 2.35. The Bertz CT molecular complexity index is 215. The standard InChI is InChI=1S/C10H18N2O/c1-2-3-10-12-8-5-4-7(11)6-9(8)13-10/h7-9H,2-6,11H2,1H3. The van der Waals surface area contributed by atoms with Crippen LogP contribution in [0.3, 0.4) is 0 Å². The summed E-state index contributed by atoms with van der Waals surface area (Å²) in [6.07, 6.45) is 5.60. The molecule has 3 heteroatoms. The molecule has 3 unspecified atom stereocenters. The Kier molecular flexibility index (Phi) is 2.54. The van der Waals surface area contributed by atoms with Crippen molar-refractivity contribution in [3.8, 4) is 0 Å². The summed E-state index contributed by atoms with van der Waals surface area (Å²) in [7, 11) is 0. The average molecular weight is 182 g/mol. The second kappa shape index (κ2) is 3.66. The van der Waals surface area contributed by atoms with Gasteiger partial charge < -0.3 is 10.5 Å². The first-order chi connectivity index (χ1) is 6.29. The summed E-state index contributed by atoms with van der Waals surface area (Å²) in [4.78, 5) is 4.57. The lowest BCUT2D eigenvalue weighted by molar-refractivity contribution is 0.139. The van der Waals surface area contributed by atoms with Gasteiger partial charge in [0.25, 0.3) is 0 Å². The first kappa shape index (κ1) is 9.00. The van der Waals surface area contributed by atoms with E-state index >= 15 is 0 Å². The Morgan fingerprint density at radius 1 is 1.54 bits per heavy atom. The Labute approximate surface area is 79.4 Å². The van der Waals surface area contributed by atoms with Gasteiger partial charge in [-0.1, -0.05) is 6.92 Å². The van der Waals surface area contributed by atoms with Crippen LogP contribution in [0.1, 0.15) is 39.0 Å². The van der Waals surface area contributed by atoms with Gasteiger partial charge in [0.2, 0.25) is 0 Å². The predicted octanol–water partition coefficient (Wildman–Crippen LogP) is 1.46. The molecule has 1 saturated carbocycles. The van der Waals surface area contributed by atoms with Crippen molar-refractivity contribution in [2.75, 3.05) is 0 Å². The molecule has 0 aromatic heterocycles. The van der Waals surface area contributed by atoms with Crippen LogP contribution in [0.5, 0.6) is 0 Å². The van der Waals surface area contributed by atoms with Gasteiger partial charge in [-0.05, 0) is 19.3 Å². The largest absolute Gasteiger partial charge is 0.475 e. The van der Waals surface area contributed by atoms with Crippen LogP contribution in [0.2, 0.25) is 0 Å². The number of fused-ring (bicyclic) bond motifs is 1. The van der Waals surface area contributed by atoms with Gasteiger partial charge in [-0.15, -0.1) is 0 Å². The van der Waals surface area contributed by atoms with E-state index in [1.54, 1.807) is 0 Å². The Balaban J connectivity index is 1.94. The minimum absolute atomic E-state index is 0.297. The van der Waals surface area contributed by atoms with Gasteiger partial charge in [0.1, 0.15) is 6.10 Å². The maximum atomic E-state index is 5.88. The fourth-order valence-corrected chi connectivity index (χ4v) is 2.15. The quantitative estimate of drug-likeness (QED) is 0.703. The van der Waals surface area contributed by atoms with Crippen molar-refractivity contribution in [1.82, 2.24) is 0 Å². The summed E-state index contributed by atoms with van der Waals surface area (Å²) >= 11 is 0. The van der Waals surface area contributed by atoms with Crippen LogP contribution in [-0.2, 0) is 4.74 Å². The molecule has 1 aliphatic heterocycles. The molecule has 2 rings (SSSR count). The van der Waals surface area contributed by atoms with E-state index in [0.717, 1.165) is 38.0 Å². The molecule has 13 heavy (non-hydrogen) atoms. The Morgan fingerprint density at radius 3 is 3.15 bits per heavy atom. The van der Waals surface area contributed by atoms with Gasteiger partial charge in [0.15, 0.2) is 5.90 Å². The van der Waals surface area contributed by atoms with Crippen LogP contribution in [0.25, 0.3) is 0 Å². The fraction of sp³-hybridized carbons (Fsp3) is 0.900. The molecular weight excluding hydrogens is 164 g/mol. The van der Waals surface area contributed by atoms with E-state index in [1.807, 2.05) is 0 Å². The highest BCUT2D eigenvalue weighted by molar-refractivity contribution is 5.78. The highest BCUT2D eigenvalue weighted by Crippen LogP contribution is 2.28. The van der Waals surface area contributed by atoms with Gasteiger partial charge in [-0.25, -0.2) is 4.99 Å². The van der Waals surface area contributed by atoms with Gasteiger partial charge in [-0.3, -0.25) is 0 Å². The Morgan fingerprint density at radius 2 is 2.38 bits per heavy atom. The molecule has 0 spiro atoms. The smallest absolute Gasteiger partial charge is 0.183 e. The van der Waals surface area contributed by atoms with Gasteiger partial charge >= 0.3 is 0 Å². The van der Waals surface area contributed by atoms with Crippen LogP contribution in [0.15, 0.2) is 4.99 Å². The summed E-state index contributed by atoms with van der Waals surface area (Å²) in [5.74, 6) is 0.964. The van der Waals surface area contributed by atoms with Crippen LogP contribution >= 0.6 is 0 Å². The van der Waals surface area contributed by atoms with Gasteiger partial charge in [0.05, 0.1) is 6.04 Å². The molecule has 74 valence electrons. The van der Waals surface area contributed by atoms with E-state index in [0.29, 0.717) is 18.2 Å². The van der Waals surface area contributed by atoms with Crippen molar-refractivity contribution in [2.24, 2.45) is 10.7 Å². The number of aliphatic imine (C=N–C) groups is 1. The van der Waals surface area contributed by atoms with E-state index in [9.17, 15) is 0 Å². The number of hydrogen-bond donors (Lipinski definition) is 1. The maximum Gasteiger partial charge on any atom is 0.183 e. The van der Waals surface area contributed by atoms with Crippen molar-refractivity contribution >= 4 is 5.90 Å². The topological polar surface area (TPSA) is 47.6 Å². The molecule has 0 aromatic carbocycles. The van der Waals surface area contributed by atoms with E-state index in [-0.39, 0.29) is 0 Å². The van der Waals surface area contributed by atoms with E-state index in [1.165, 1.54) is 0 Å². The fourth-order valence-electron chi connectivity index (χ4n) is 2.15. The third-order valence-corrected chi connectivity index (χ3v) is 2.86. The lowest BCUT2D eigenvalue weighted by Crippen LogP contribution is -2.37. The molecule has 2 aliphatic rings. The molecule has 0 amide bonds. The SMILES string of the molecule is CCCC1=NC2CCC(N)CC2O1. The summed E-state index contributed by atoms with van der Waals surface area (Å²) in [5, 5.41) is 0. The number of ether oxygens (including phenoxy) is 1. The van der Waals surface area contributed by atoms with Crippen molar-refractivity contribution < 1.29 is 4.74 Å². The molecular formula is C10H18N2O. The zero-order valence-corrected chi connectivity index (χ0v) is 8.20. The van der Waals surface area contributed by atoms with Crippen LogP contribution < -0.4 is 5.73 Å². The van der Waals surface area contributed by atoms with E-state index in [2.05, 4.69) is 11.9 Å². The molecule has 3 nitrogen and oxygen atoms in total. The molecule has 1 aliphatic carbocycles. The summed E-state index contributed by atoms with van der Waals surface area (Å²) in [6, 6.07) is 0.749. The van der Waals surface area contributed by atoms with E-state index < -0.39 is 0 Å². The first-order valence-corrected chi connectivity index (χ1v) is 5.28. The second-order valence-corrected chi connectivity index (χ2v) is 4.07. The lowest BCUT2D eigenvalue weighted by Gasteiger charge is -2.26. The maximum absolute atomic E-state index is 5.88. The molecule has 0 radical (unpaired) electrons. The lowest BCUT2D eigenvalue weighted by atomic mass is 9.90. The normalized spacial score (nSPS) is 38.0. The second-order valence-electron chi connectivity index (χ2n) is 4.07. The monoisotopic (exact) mass is 182 g/mol. The molecule has 0 saturated heterocycles. The number of hydrogen-bond acceptors (Lipinski definition) is 3. The molecule has 2 N–H and O–H groups in total. The first-order valence-electron chi connectivity index (χ1n) is 5.28. The number of nitrogens with zero attached hydrogens (tertiary/aromatic N) is 1. The minimum Gasteiger partial charge on any atom is -0.475 e. The summed E-state index contributed by atoms with van der Waals surface area (Å²) < 4.78 is 5.75. The third-order valence-electron chi connectivity index (χ3n) is 2.86. The van der Waals surface area contributed by atoms with Gasteiger partial charge in [0, 0.05) is 18.9 Å². The zero-order valence-electron chi connectivity index (χ0n) is 8.20. The molecule has 3 atom stereocenters. The molecule has 1 heterocycles. The average Bonchev–Trinajstić information content (AvgIpc) is 2.46. The minimum atomic E-state index is 0.297. The predicted molar refractivity (Wildman–Crippen MR) is 52.8 cm³/mol. The molecule has 0 bridgehead atoms. The molecule has 1 fully saturated rings. The zero-order chi connectivity index (χ0) is 9.26. The third kappa shape index (κ3) is 1.85. The van der Waals surface area contributed by atoms with Crippen molar-refractivity contribution in [1.29, 1.82) is 0 Å². The van der Waals surface area contributed by atoms with Crippen LogP contribution in [0.4, 0.5) is 0 Å². The highest BCUT2D eigenvalue weighted by atomic mass is 16.5. The van der Waals surface area contributed by atoms with Crippen LogP contribution in [-0.4, -0.2) is 24.1 Å². The molecule has 0 aromatic rings. The number of rotatable bonds is 2. The summed E-state index contributed by atoms with van der Waals surface area (Å²) in [5.41, 5.74) is 5.88. The van der Waals surface area contributed by atoms with Crippen molar-refractivity contribution in [3.63, 3.8) is 0 Å². The van der Waals surface area contributed by atoms with E-state index in [4.69, 9.17) is 10.5 Å². The van der Waals surface area contributed by atoms with Gasteiger partial charge in [-0.2, -0.15) is 0 Å². The Hall–Kier alpha value is -0.570. The van der Waals surface area contributed by atoms with Crippen molar-refractivity contribution in [2.45, 2.75) is 57.2 Å². The number of nitrogens with two attached hydrogens (primary N) is 1. The van der Waals surface area contributed by atoms with Crippen LogP contribution in [0, 0.1) is 0 Å².